The Balaban J connectivity index is 2.42. The van der Waals surface area contributed by atoms with E-state index in [1.807, 2.05) is 20.8 Å². The van der Waals surface area contributed by atoms with E-state index in [4.69, 9.17) is 4.74 Å². The van der Waals surface area contributed by atoms with Gasteiger partial charge in [0.2, 0.25) is 0 Å². The lowest BCUT2D eigenvalue weighted by Gasteiger charge is -2.36. The molecule has 0 amide bonds. The van der Waals surface area contributed by atoms with Gasteiger partial charge in [0.1, 0.15) is 11.8 Å². The summed E-state index contributed by atoms with van der Waals surface area (Å²) < 4.78 is 5.41. The van der Waals surface area contributed by atoms with E-state index in [2.05, 4.69) is 6.58 Å². The highest BCUT2D eigenvalue weighted by Gasteiger charge is 2.61. The Labute approximate surface area is 95.9 Å². The van der Waals surface area contributed by atoms with Crippen LogP contribution in [0.5, 0.6) is 0 Å². The van der Waals surface area contributed by atoms with Crippen molar-refractivity contribution in [2.75, 3.05) is 0 Å². The standard InChI is InChI=1S/C12H19NO3/c1-5-12-7-6-8(14)13(12)9(11(2,3)4)16-10(12)15/h5,8-9,14H,1,6-7H2,2-4H3/t8-,9-,12+/m1/s1. The van der Waals surface area contributed by atoms with E-state index in [9.17, 15) is 9.90 Å². The van der Waals surface area contributed by atoms with E-state index in [0.717, 1.165) is 0 Å². The van der Waals surface area contributed by atoms with Crippen LogP contribution in [0.1, 0.15) is 33.6 Å². The molecule has 2 heterocycles. The monoisotopic (exact) mass is 225 g/mol. The number of hydrogen-bond donors (Lipinski definition) is 1. The summed E-state index contributed by atoms with van der Waals surface area (Å²) in [4.78, 5) is 13.7. The summed E-state index contributed by atoms with van der Waals surface area (Å²) in [7, 11) is 0. The first-order valence-electron chi connectivity index (χ1n) is 5.64. The van der Waals surface area contributed by atoms with Gasteiger partial charge in [0.15, 0.2) is 6.23 Å². The summed E-state index contributed by atoms with van der Waals surface area (Å²) in [5.41, 5.74) is -1.02. The van der Waals surface area contributed by atoms with E-state index in [0.29, 0.717) is 12.8 Å². The number of nitrogens with zero attached hydrogens (tertiary/aromatic N) is 1. The molecule has 2 rings (SSSR count). The van der Waals surface area contributed by atoms with Gasteiger partial charge in [0.05, 0.1) is 0 Å². The van der Waals surface area contributed by atoms with Crippen LogP contribution in [0.15, 0.2) is 12.7 Å². The third kappa shape index (κ3) is 1.33. The second-order valence-corrected chi connectivity index (χ2v) is 5.68. The van der Waals surface area contributed by atoms with Crippen LogP contribution in [-0.2, 0) is 9.53 Å². The summed E-state index contributed by atoms with van der Waals surface area (Å²) in [5.74, 6) is -0.279. The fourth-order valence-electron chi connectivity index (χ4n) is 2.60. The Morgan fingerprint density at radius 3 is 2.75 bits per heavy atom. The number of carbonyl (C=O) groups is 1. The first-order valence-corrected chi connectivity index (χ1v) is 5.64. The van der Waals surface area contributed by atoms with E-state index in [1.54, 1.807) is 11.0 Å². The summed E-state index contributed by atoms with van der Waals surface area (Å²) >= 11 is 0. The molecule has 2 fully saturated rings. The second kappa shape index (κ2) is 3.31. The molecule has 0 unspecified atom stereocenters. The van der Waals surface area contributed by atoms with Gasteiger partial charge in [-0.05, 0) is 12.8 Å². The molecule has 16 heavy (non-hydrogen) atoms. The number of hydrogen-bond acceptors (Lipinski definition) is 4. The topological polar surface area (TPSA) is 49.8 Å². The lowest BCUT2D eigenvalue weighted by Crippen LogP contribution is -2.51. The molecule has 90 valence electrons. The summed E-state index contributed by atoms with van der Waals surface area (Å²) in [6.45, 7) is 9.71. The molecule has 2 saturated heterocycles. The van der Waals surface area contributed by atoms with Crippen LogP contribution >= 0.6 is 0 Å². The van der Waals surface area contributed by atoms with Crippen molar-refractivity contribution in [2.45, 2.75) is 51.6 Å². The number of aliphatic hydroxyl groups is 1. The Bertz CT molecular complexity index is 334. The number of ether oxygens (including phenoxy) is 1. The highest BCUT2D eigenvalue weighted by Crippen LogP contribution is 2.46. The predicted octanol–water partition coefficient (Wildman–Crippen LogP) is 1.25. The molecule has 0 aliphatic carbocycles. The van der Waals surface area contributed by atoms with Gasteiger partial charge in [0.25, 0.3) is 0 Å². The first kappa shape index (κ1) is 11.6. The molecule has 4 heteroatoms. The molecule has 0 aromatic heterocycles. The maximum atomic E-state index is 12.0. The summed E-state index contributed by atoms with van der Waals surface area (Å²) in [6, 6.07) is 0. The molecule has 0 radical (unpaired) electrons. The number of fused-ring (bicyclic) bond motifs is 1. The number of aliphatic hydroxyl groups excluding tert-OH is 1. The zero-order chi connectivity index (χ0) is 12.1. The molecule has 2 aliphatic rings. The predicted molar refractivity (Wildman–Crippen MR) is 59.3 cm³/mol. The third-order valence-electron chi connectivity index (χ3n) is 3.47. The number of carbonyl (C=O) groups excluding carboxylic acids is 1. The van der Waals surface area contributed by atoms with Crippen molar-refractivity contribution in [3.8, 4) is 0 Å². The molecule has 2 aliphatic heterocycles. The molecule has 0 bridgehead atoms. The molecule has 0 aromatic rings. The van der Waals surface area contributed by atoms with E-state index in [1.165, 1.54) is 0 Å². The lowest BCUT2D eigenvalue weighted by atomic mass is 9.91. The van der Waals surface area contributed by atoms with Gasteiger partial charge in [-0.2, -0.15) is 0 Å². The van der Waals surface area contributed by atoms with Crippen molar-refractivity contribution in [3.63, 3.8) is 0 Å². The van der Waals surface area contributed by atoms with Crippen LogP contribution in [0, 0.1) is 5.41 Å². The van der Waals surface area contributed by atoms with Gasteiger partial charge < -0.3 is 9.84 Å². The maximum Gasteiger partial charge on any atom is 0.332 e. The van der Waals surface area contributed by atoms with Crippen molar-refractivity contribution in [1.82, 2.24) is 4.90 Å². The lowest BCUT2D eigenvalue weighted by molar-refractivity contribution is -0.152. The fraction of sp³-hybridized carbons (Fsp3) is 0.750. The molecule has 3 atom stereocenters. The SMILES string of the molecule is C=C[C@@]12CC[C@@H](O)N1[C@@H](C(C)(C)C)OC2=O. The minimum atomic E-state index is -0.808. The van der Waals surface area contributed by atoms with Crippen LogP contribution in [0.25, 0.3) is 0 Å². The number of esters is 1. The zero-order valence-electron chi connectivity index (χ0n) is 10.1. The van der Waals surface area contributed by atoms with E-state index in [-0.39, 0.29) is 17.6 Å². The Morgan fingerprint density at radius 2 is 2.25 bits per heavy atom. The fourth-order valence-corrected chi connectivity index (χ4v) is 2.60. The average molecular weight is 225 g/mol. The van der Waals surface area contributed by atoms with Crippen LogP contribution in [0.4, 0.5) is 0 Å². The molecule has 0 aromatic carbocycles. The Morgan fingerprint density at radius 1 is 1.62 bits per heavy atom. The summed E-state index contributed by atoms with van der Waals surface area (Å²) in [5, 5.41) is 9.99. The normalized spacial score (nSPS) is 39.6. The Kier molecular flexibility index (Phi) is 2.40. The molecule has 4 nitrogen and oxygen atoms in total. The molecular weight excluding hydrogens is 206 g/mol. The summed E-state index contributed by atoms with van der Waals surface area (Å²) in [6.07, 6.45) is 1.79. The second-order valence-electron chi connectivity index (χ2n) is 5.68. The third-order valence-corrected chi connectivity index (χ3v) is 3.47. The highest BCUT2D eigenvalue weighted by atomic mass is 16.6. The van der Waals surface area contributed by atoms with Gasteiger partial charge in [-0.25, -0.2) is 9.69 Å². The van der Waals surface area contributed by atoms with Crippen LogP contribution in [-0.4, -0.2) is 34.0 Å². The minimum Gasteiger partial charge on any atom is -0.444 e. The quantitative estimate of drug-likeness (QED) is 0.539. The Hall–Kier alpha value is -0.870. The van der Waals surface area contributed by atoms with Crippen molar-refractivity contribution in [2.24, 2.45) is 5.41 Å². The van der Waals surface area contributed by atoms with Gasteiger partial charge in [-0.15, -0.1) is 6.58 Å². The molecule has 0 spiro atoms. The van der Waals surface area contributed by atoms with Crippen molar-refractivity contribution >= 4 is 5.97 Å². The van der Waals surface area contributed by atoms with Gasteiger partial charge >= 0.3 is 5.97 Å². The van der Waals surface area contributed by atoms with E-state index < -0.39 is 11.8 Å². The maximum absolute atomic E-state index is 12.0. The largest absolute Gasteiger partial charge is 0.444 e. The van der Waals surface area contributed by atoms with Gasteiger partial charge in [-0.1, -0.05) is 26.8 Å². The first-order chi connectivity index (χ1) is 7.33. The average Bonchev–Trinajstić information content (AvgIpc) is 2.65. The van der Waals surface area contributed by atoms with Crippen LogP contribution in [0.2, 0.25) is 0 Å². The number of rotatable bonds is 1. The van der Waals surface area contributed by atoms with Crippen molar-refractivity contribution in [1.29, 1.82) is 0 Å². The van der Waals surface area contributed by atoms with Crippen molar-refractivity contribution < 1.29 is 14.6 Å². The van der Waals surface area contributed by atoms with E-state index >= 15 is 0 Å². The molecule has 0 saturated carbocycles. The van der Waals surface area contributed by atoms with Crippen LogP contribution in [0.3, 0.4) is 0 Å². The zero-order valence-corrected chi connectivity index (χ0v) is 10.1. The highest BCUT2D eigenvalue weighted by molar-refractivity contribution is 5.86. The van der Waals surface area contributed by atoms with Gasteiger partial charge in [0, 0.05) is 5.41 Å². The van der Waals surface area contributed by atoms with Gasteiger partial charge in [-0.3, -0.25) is 0 Å². The molecule has 1 N–H and O–H groups in total. The minimum absolute atomic E-state index is 0.217. The van der Waals surface area contributed by atoms with Crippen LogP contribution < -0.4 is 0 Å². The van der Waals surface area contributed by atoms with Crippen molar-refractivity contribution in [3.05, 3.63) is 12.7 Å². The number of cyclic esters (lactones) is 1. The smallest absolute Gasteiger partial charge is 0.332 e. The molecular formula is C12H19NO3.